The number of rotatable bonds is 5. The first-order chi connectivity index (χ1) is 13.0. The first-order valence-electron chi connectivity index (χ1n) is 9.25. The van der Waals surface area contributed by atoms with E-state index in [4.69, 9.17) is 0 Å². The maximum absolute atomic E-state index is 12.3. The highest BCUT2D eigenvalue weighted by Crippen LogP contribution is 2.30. The van der Waals surface area contributed by atoms with Gasteiger partial charge in [0.05, 0.1) is 0 Å². The van der Waals surface area contributed by atoms with E-state index in [1.54, 1.807) is 0 Å². The molecule has 27 heavy (non-hydrogen) atoms. The van der Waals surface area contributed by atoms with E-state index in [1.165, 1.54) is 11.3 Å². The number of carbonyl (C=O) groups is 2. The molecule has 2 heterocycles. The van der Waals surface area contributed by atoms with Gasteiger partial charge in [0.25, 0.3) is 5.91 Å². The number of para-hydroxylation sites is 1. The number of hydrogen-bond donors (Lipinski definition) is 2. The van der Waals surface area contributed by atoms with Crippen molar-refractivity contribution in [3.05, 3.63) is 40.3 Å². The zero-order chi connectivity index (χ0) is 19.2. The average molecular weight is 388 g/mol. The molecule has 1 saturated heterocycles. The number of nitrogens with zero attached hydrogens (tertiary/aromatic N) is 3. The quantitative estimate of drug-likeness (QED) is 0.824. The predicted octanol–water partition coefficient (Wildman–Crippen LogP) is 3.34. The molecular weight excluding hydrogens is 362 g/mol. The largest absolute Gasteiger partial charge is 0.338 e. The lowest BCUT2D eigenvalue weighted by Gasteiger charge is -2.31. The molecule has 0 unspecified atom stereocenters. The van der Waals surface area contributed by atoms with Crippen molar-refractivity contribution in [1.82, 2.24) is 20.4 Å². The maximum atomic E-state index is 12.3. The Bertz CT molecular complexity index is 769. The molecule has 0 saturated carbocycles. The number of nitrogens with one attached hydrogen (secondary N) is 2. The van der Waals surface area contributed by atoms with Crippen molar-refractivity contribution in [1.29, 1.82) is 0 Å². The van der Waals surface area contributed by atoms with Gasteiger partial charge in [0, 0.05) is 31.2 Å². The van der Waals surface area contributed by atoms with E-state index < -0.39 is 0 Å². The Morgan fingerprint density at radius 2 is 1.89 bits per heavy atom. The van der Waals surface area contributed by atoms with Crippen molar-refractivity contribution in [2.45, 2.75) is 32.6 Å². The number of piperidine rings is 1. The number of likely N-dealkylation sites (tertiary alicyclic amines) is 1. The van der Waals surface area contributed by atoms with Crippen molar-refractivity contribution < 1.29 is 9.59 Å². The second-order valence-electron chi connectivity index (χ2n) is 7.11. The molecule has 3 rings (SSSR count). The van der Waals surface area contributed by atoms with Crippen LogP contribution in [0.2, 0.25) is 0 Å². The molecule has 144 valence electrons. The summed E-state index contributed by atoms with van der Waals surface area (Å²) in [6.45, 7) is 6.23. The molecule has 1 fully saturated rings. The van der Waals surface area contributed by atoms with Crippen LogP contribution in [0.5, 0.6) is 0 Å². The van der Waals surface area contributed by atoms with Crippen LogP contribution >= 0.6 is 11.3 Å². The Balaban J connectivity index is 1.52. The van der Waals surface area contributed by atoms with Gasteiger partial charge in [-0.05, 0) is 30.9 Å². The fraction of sp³-hybridized carbons (Fsp3) is 0.474. The summed E-state index contributed by atoms with van der Waals surface area (Å²) in [7, 11) is 0. The van der Waals surface area contributed by atoms with E-state index in [9.17, 15) is 9.59 Å². The normalized spacial score (nSPS) is 15.0. The highest BCUT2D eigenvalue weighted by Gasteiger charge is 2.27. The summed E-state index contributed by atoms with van der Waals surface area (Å²) < 4.78 is 0. The molecule has 8 heteroatoms. The Morgan fingerprint density at radius 3 is 2.56 bits per heavy atom. The molecular formula is C19H25N5O2S. The molecule has 2 aromatic rings. The molecule has 7 nitrogen and oxygen atoms in total. The number of benzene rings is 1. The standard InChI is InChI=1S/C19H25N5O2S/c1-13(2)12-20-19(26)24-10-8-14(9-11-24)17-22-23-18(27-17)16(25)21-15-6-4-3-5-7-15/h3-7,13-14H,8-12H2,1-2H3,(H,20,26)(H,21,25). The van der Waals surface area contributed by atoms with Crippen LogP contribution in [0.25, 0.3) is 0 Å². The van der Waals surface area contributed by atoms with Crippen molar-refractivity contribution in [2.75, 3.05) is 25.0 Å². The van der Waals surface area contributed by atoms with Gasteiger partial charge in [-0.25, -0.2) is 4.79 Å². The monoisotopic (exact) mass is 387 g/mol. The van der Waals surface area contributed by atoms with Crippen LogP contribution in [-0.2, 0) is 0 Å². The average Bonchev–Trinajstić information content (AvgIpc) is 3.17. The van der Waals surface area contributed by atoms with Gasteiger partial charge in [-0.3, -0.25) is 4.79 Å². The lowest BCUT2D eigenvalue weighted by atomic mass is 9.98. The third-order valence-corrected chi connectivity index (χ3v) is 5.54. The van der Waals surface area contributed by atoms with Gasteiger partial charge in [0.1, 0.15) is 5.01 Å². The van der Waals surface area contributed by atoms with Gasteiger partial charge < -0.3 is 15.5 Å². The van der Waals surface area contributed by atoms with Crippen molar-refractivity contribution in [2.24, 2.45) is 5.92 Å². The molecule has 1 aliphatic heterocycles. The summed E-state index contributed by atoms with van der Waals surface area (Å²) in [5.74, 6) is 0.443. The van der Waals surface area contributed by atoms with E-state index in [1.807, 2.05) is 35.2 Å². The minimum atomic E-state index is -0.240. The lowest BCUT2D eigenvalue weighted by molar-refractivity contribution is 0.102. The molecule has 0 radical (unpaired) electrons. The molecule has 2 N–H and O–H groups in total. The van der Waals surface area contributed by atoms with Crippen LogP contribution < -0.4 is 10.6 Å². The van der Waals surface area contributed by atoms with Gasteiger partial charge in [0.2, 0.25) is 5.01 Å². The number of anilines is 1. The molecule has 0 atom stereocenters. The number of amides is 3. The number of carbonyl (C=O) groups excluding carboxylic acids is 2. The third-order valence-electron chi connectivity index (χ3n) is 4.46. The molecule has 3 amide bonds. The van der Waals surface area contributed by atoms with Crippen molar-refractivity contribution >= 4 is 29.0 Å². The second kappa shape index (κ2) is 8.94. The summed E-state index contributed by atoms with van der Waals surface area (Å²) in [4.78, 5) is 26.3. The third kappa shape index (κ3) is 5.26. The number of hydrogen-bond acceptors (Lipinski definition) is 5. The van der Waals surface area contributed by atoms with E-state index >= 15 is 0 Å². The minimum absolute atomic E-state index is 0.00217. The van der Waals surface area contributed by atoms with Crippen molar-refractivity contribution in [3.8, 4) is 0 Å². The Morgan fingerprint density at radius 1 is 1.19 bits per heavy atom. The van der Waals surface area contributed by atoms with Gasteiger partial charge in [-0.1, -0.05) is 43.4 Å². The molecule has 1 aromatic carbocycles. The fourth-order valence-electron chi connectivity index (χ4n) is 2.93. The summed E-state index contributed by atoms with van der Waals surface area (Å²) in [5, 5.41) is 15.3. The Labute approximate surface area is 163 Å². The molecule has 0 bridgehead atoms. The Hall–Kier alpha value is -2.48. The van der Waals surface area contributed by atoms with E-state index in [0.29, 0.717) is 30.6 Å². The first-order valence-corrected chi connectivity index (χ1v) is 10.1. The molecule has 0 spiro atoms. The zero-order valence-electron chi connectivity index (χ0n) is 15.6. The number of aromatic nitrogens is 2. The molecule has 1 aromatic heterocycles. The molecule has 0 aliphatic carbocycles. The van der Waals surface area contributed by atoms with Gasteiger partial charge in [-0.2, -0.15) is 0 Å². The second-order valence-corrected chi connectivity index (χ2v) is 8.12. The highest BCUT2D eigenvalue weighted by atomic mass is 32.1. The molecule has 1 aliphatic rings. The van der Waals surface area contributed by atoms with Gasteiger partial charge >= 0.3 is 6.03 Å². The topological polar surface area (TPSA) is 87.2 Å². The van der Waals surface area contributed by atoms with E-state index in [0.717, 1.165) is 23.5 Å². The van der Waals surface area contributed by atoms with Crippen molar-refractivity contribution in [3.63, 3.8) is 0 Å². The summed E-state index contributed by atoms with van der Waals surface area (Å²) in [6.07, 6.45) is 1.67. The van der Waals surface area contributed by atoms with Crippen LogP contribution in [0.15, 0.2) is 30.3 Å². The minimum Gasteiger partial charge on any atom is -0.338 e. The van der Waals surface area contributed by atoms with Crippen LogP contribution in [0.4, 0.5) is 10.5 Å². The van der Waals surface area contributed by atoms with E-state index in [-0.39, 0.29) is 17.9 Å². The fourth-order valence-corrected chi connectivity index (χ4v) is 3.84. The SMILES string of the molecule is CC(C)CNC(=O)N1CCC(c2nnc(C(=O)Nc3ccccc3)s2)CC1. The van der Waals surface area contributed by atoms with Crippen LogP contribution in [0.1, 0.15) is 47.4 Å². The Kier molecular flexibility index (Phi) is 6.39. The smallest absolute Gasteiger partial charge is 0.317 e. The van der Waals surface area contributed by atoms with Crippen LogP contribution in [0.3, 0.4) is 0 Å². The summed E-state index contributed by atoms with van der Waals surface area (Å²) in [6, 6.07) is 9.30. The van der Waals surface area contributed by atoms with Crippen LogP contribution in [-0.4, -0.2) is 46.7 Å². The number of urea groups is 1. The zero-order valence-corrected chi connectivity index (χ0v) is 16.5. The van der Waals surface area contributed by atoms with Gasteiger partial charge in [-0.15, -0.1) is 10.2 Å². The summed E-state index contributed by atoms with van der Waals surface area (Å²) >= 11 is 1.34. The maximum Gasteiger partial charge on any atom is 0.317 e. The first kappa shape index (κ1) is 19.3. The van der Waals surface area contributed by atoms with Gasteiger partial charge in [0.15, 0.2) is 0 Å². The highest BCUT2D eigenvalue weighted by molar-refractivity contribution is 7.13. The van der Waals surface area contributed by atoms with Crippen LogP contribution in [0, 0.1) is 5.92 Å². The summed E-state index contributed by atoms with van der Waals surface area (Å²) in [5.41, 5.74) is 0.736. The predicted molar refractivity (Wildman–Crippen MR) is 106 cm³/mol. The van der Waals surface area contributed by atoms with E-state index in [2.05, 4.69) is 34.7 Å². The lowest BCUT2D eigenvalue weighted by Crippen LogP contribution is -2.45.